The van der Waals surface area contributed by atoms with Crippen molar-refractivity contribution >= 4 is 35.0 Å². The number of carbonyl (C=O) groups excluding carboxylic acids is 2. The number of thioether (sulfide) groups is 1. The minimum absolute atomic E-state index is 0.0662. The number of amides is 2. The van der Waals surface area contributed by atoms with Gasteiger partial charge in [-0.05, 0) is 67.6 Å². The van der Waals surface area contributed by atoms with Crippen LogP contribution in [0.5, 0.6) is 0 Å². The van der Waals surface area contributed by atoms with Gasteiger partial charge < -0.3 is 19.5 Å². The van der Waals surface area contributed by atoms with Gasteiger partial charge in [0.1, 0.15) is 5.82 Å². The fourth-order valence-corrected chi connectivity index (χ4v) is 4.75. The fourth-order valence-electron chi connectivity index (χ4n) is 4.19. The third-order valence-corrected chi connectivity index (χ3v) is 6.99. The smallest absolute Gasteiger partial charge is 0.277 e. The van der Waals surface area contributed by atoms with Crippen LogP contribution in [0.25, 0.3) is 11.5 Å². The number of nitrogens with zero attached hydrogens (tertiary/aromatic N) is 4. The Kier molecular flexibility index (Phi) is 7.69. The molecule has 10 heteroatoms. The standard InChI is InChI=1S/C28H26FN5O3S/c1-19-3-2-4-21(17-19)27(36)34-15-13-33(14-16-34)24-11-9-23(10-12-24)30-25(35)18-38-28-32-31-26(37-28)20-5-7-22(29)8-6-20/h2-12,17H,13-16,18H2,1H3,(H,30,35). The number of halogens is 1. The van der Waals surface area contributed by atoms with Crippen molar-refractivity contribution in [3.63, 3.8) is 0 Å². The minimum Gasteiger partial charge on any atom is -0.411 e. The summed E-state index contributed by atoms with van der Waals surface area (Å²) in [4.78, 5) is 29.3. The second-order valence-corrected chi connectivity index (χ2v) is 9.84. The molecule has 0 bridgehead atoms. The summed E-state index contributed by atoms with van der Waals surface area (Å²) in [5.41, 5.74) is 4.13. The van der Waals surface area contributed by atoms with Gasteiger partial charge in [-0.3, -0.25) is 9.59 Å². The molecule has 8 nitrogen and oxygen atoms in total. The Morgan fingerprint density at radius 1 is 0.974 bits per heavy atom. The maximum Gasteiger partial charge on any atom is 0.277 e. The van der Waals surface area contributed by atoms with Gasteiger partial charge in [0.2, 0.25) is 11.8 Å². The van der Waals surface area contributed by atoms with Crippen LogP contribution < -0.4 is 10.2 Å². The molecule has 194 valence electrons. The van der Waals surface area contributed by atoms with Gasteiger partial charge in [0.05, 0.1) is 5.75 Å². The van der Waals surface area contributed by atoms with Crippen molar-refractivity contribution in [2.45, 2.75) is 12.1 Å². The number of aryl methyl sites for hydroxylation is 1. The van der Waals surface area contributed by atoms with E-state index in [-0.39, 0.29) is 34.5 Å². The van der Waals surface area contributed by atoms with E-state index in [0.717, 1.165) is 41.7 Å². The van der Waals surface area contributed by atoms with Crippen molar-refractivity contribution in [2.24, 2.45) is 0 Å². The monoisotopic (exact) mass is 531 g/mol. The molecule has 0 atom stereocenters. The third kappa shape index (κ3) is 6.20. The Labute approximate surface area is 223 Å². The summed E-state index contributed by atoms with van der Waals surface area (Å²) in [6.45, 7) is 4.77. The van der Waals surface area contributed by atoms with Crippen molar-refractivity contribution in [2.75, 3.05) is 42.1 Å². The highest BCUT2D eigenvalue weighted by Gasteiger charge is 2.22. The largest absolute Gasteiger partial charge is 0.411 e. The first-order valence-electron chi connectivity index (χ1n) is 12.2. The van der Waals surface area contributed by atoms with Crippen molar-refractivity contribution in [1.82, 2.24) is 15.1 Å². The van der Waals surface area contributed by atoms with Crippen molar-refractivity contribution in [3.8, 4) is 11.5 Å². The Hall–Kier alpha value is -4.18. The van der Waals surface area contributed by atoms with E-state index in [9.17, 15) is 14.0 Å². The molecule has 2 amide bonds. The van der Waals surface area contributed by atoms with Gasteiger partial charge in [0.25, 0.3) is 11.1 Å². The van der Waals surface area contributed by atoms with E-state index in [4.69, 9.17) is 4.42 Å². The average molecular weight is 532 g/mol. The number of aromatic nitrogens is 2. The lowest BCUT2D eigenvalue weighted by molar-refractivity contribution is -0.113. The van der Waals surface area contributed by atoms with E-state index in [1.807, 2.05) is 60.4 Å². The second-order valence-electron chi connectivity index (χ2n) is 8.91. The van der Waals surface area contributed by atoms with E-state index in [1.54, 1.807) is 12.1 Å². The number of hydrogen-bond acceptors (Lipinski definition) is 7. The van der Waals surface area contributed by atoms with Crippen LogP contribution in [0.1, 0.15) is 15.9 Å². The predicted octanol–water partition coefficient (Wildman–Crippen LogP) is 4.88. The highest BCUT2D eigenvalue weighted by atomic mass is 32.2. The number of benzene rings is 3. The molecule has 0 radical (unpaired) electrons. The molecule has 5 rings (SSSR count). The number of anilines is 2. The molecule has 1 aliphatic heterocycles. The number of piperazine rings is 1. The van der Waals surface area contributed by atoms with Gasteiger partial charge in [-0.1, -0.05) is 29.5 Å². The lowest BCUT2D eigenvalue weighted by atomic mass is 10.1. The summed E-state index contributed by atoms with van der Waals surface area (Å²) in [7, 11) is 0. The van der Waals surface area contributed by atoms with Gasteiger partial charge in [-0.15, -0.1) is 10.2 Å². The number of rotatable bonds is 7. The summed E-state index contributed by atoms with van der Waals surface area (Å²) in [5, 5.41) is 11.0. The normalized spacial score (nSPS) is 13.4. The molecule has 0 spiro atoms. The Bertz CT molecular complexity index is 1420. The van der Waals surface area contributed by atoms with Crippen LogP contribution in [0, 0.1) is 12.7 Å². The van der Waals surface area contributed by atoms with Crippen LogP contribution in [0.2, 0.25) is 0 Å². The van der Waals surface area contributed by atoms with Crippen LogP contribution >= 0.6 is 11.8 Å². The topological polar surface area (TPSA) is 91.6 Å². The highest BCUT2D eigenvalue weighted by molar-refractivity contribution is 7.99. The minimum atomic E-state index is -0.347. The molecule has 1 aromatic heterocycles. The zero-order chi connectivity index (χ0) is 26.5. The SMILES string of the molecule is Cc1cccc(C(=O)N2CCN(c3ccc(NC(=O)CSc4nnc(-c5ccc(F)cc5)o4)cc3)CC2)c1. The van der Waals surface area contributed by atoms with Crippen molar-refractivity contribution in [3.05, 3.63) is 89.7 Å². The first-order valence-corrected chi connectivity index (χ1v) is 13.2. The van der Waals surface area contributed by atoms with Crippen LogP contribution in [-0.4, -0.2) is 58.8 Å². The van der Waals surface area contributed by atoms with Gasteiger partial charge >= 0.3 is 0 Å². The molecule has 3 aromatic carbocycles. The second kappa shape index (κ2) is 11.5. The van der Waals surface area contributed by atoms with E-state index in [0.29, 0.717) is 24.3 Å². The Balaban J connectivity index is 1.09. The number of nitrogens with one attached hydrogen (secondary N) is 1. The quantitative estimate of drug-likeness (QED) is 0.340. The van der Waals surface area contributed by atoms with E-state index in [2.05, 4.69) is 20.4 Å². The van der Waals surface area contributed by atoms with Crippen LogP contribution in [0.3, 0.4) is 0 Å². The van der Waals surface area contributed by atoms with Crippen molar-refractivity contribution in [1.29, 1.82) is 0 Å². The lowest BCUT2D eigenvalue weighted by Gasteiger charge is -2.36. The van der Waals surface area contributed by atoms with Gasteiger partial charge in [0.15, 0.2) is 0 Å². The third-order valence-electron chi connectivity index (χ3n) is 6.17. The molecule has 4 aromatic rings. The maximum atomic E-state index is 13.1. The van der Waals surface area contributed by atoms with E-state index < -0.39 is 0 Å². The summed E-state index contributed by atoms with van der Waals surface area (Å²) in [5.74, 6) is -0.113. The molecule has 38 heavy (non-hydrogen) atoms. The van der Waals surface area contributed by atoms with Crippen molar-refractivity contribution < 1.29 is 18.4 Å². The molecule has 0 saturated carbocycles. The zero-order valence-corrected chi connectivity index (χ0v) is 21.6. The molecular formula is C28H26FN5O3S. The summed E-state index contributed by atoms with van der Waals surface area (Å²) in [6, 6.07) is 21.1. The number of hydrogen-bond donors (Lipinski definition) is 1. The van der Waals surface area contributed by atoms with Gasteiger partial charge in [-0.25, -0.2) is 4.39 Å². The van der Waals surface area contributed by atoms with E-state index in [1.165, 1.54) is 12.1 Å². The Morgan fingerprint density at radius 2 is 1.71 bits per heavy atom. The first-order chi connectivity index (χ1) is 18.4. The lowest BCUT2D eigenvalue weighted by Crippen LogP contribution is -2.48. The molecule has 0 unspecified atom stereocenters. The number of carbonyl (C=O) groups is 2. The summed E-state index contributed by atoms with van der Waals surface area (Å²) >= 11 is 1.13. The summed E-state index contributed by atoms with van der Waals surface area (Å²) < 4.78 is 18.6. The summed E-state index contributed by atoms with van der Waals surface area (Å²) in [6.07, 6.45) is 0. The molecule has 0 aliphatic carbocycles. The maximum absolute atomic E-state index is 13.1. The average Bonchev–Trinajstić information content (AvgIpc) is 3.42. The molecule has 1 saturated heterocycles. The molecule has 1 fully saturated rings. The Morgan fingerprint density at radius 3 is 2.42 bits per heavy atom. The van der Waals surface area contributed by atoms with Gasteiger partial charge in [0, 0.05) is 48.7 Å². The van der Waals surface area contributed by atoms with Crippen LogP contribution in [-0.2, 0) is 4.79 Å². The molecular weight excluding hydrogens is 505 g/mol. The van der Waals surface area contributed by atoms with Crippen LogP contribution in [0.15, 0.2) is 82.4 Å². The zero-order valence-electron chi connectivity index (χ0n) is 20.8. The molecule has 1 aliphatic rings. The highest BCUT2D eigenvalue weighted by Crippen LogP contribution is 2.24. The first kappa shape index (κ1) is 25.5. The van der Waals surface area contributed by atoms with Gasteiger partial charge in [-0.2, -0.15) is 0 Å². The van der Waals surface area contributed by atoms with Crippen LogP contribution in [0.4, 0.5) is 15.8 Å². The fraction of sp³-hybridized carbons (Fsp3) is 0.214. The van der Waals surface area contributed by atoms with E-state index >= 15 is 0 Å². The molecule has 2 heterocycles. The molecule has 1 N–H and O–H groups in total. The predicted molar refractivity (Wildman–Crippen MR) is 145 cm³/mol.